The molecule has 204 valence electrons. The van der Waals surface area contributed by atoms with Crippen LogP contribution >= 0.6 is 11.3 Å². The molecule has 3 heterocycles. The summed E-state index contributed by atoms with van der Waals surface area (Å²) in [4.78, 5) is 5.28. The van der Waals surface area contributed by atoms with Crippen LogP contribution < -0.4 is 18.9 Å². The van der Waals surface area contributed by atoms with Crippen LogP contribution in [-0.4, -0.2) is 28.8 Å². The number of ether oxygens (including phenoxy) is 4. The van der Waals surface area contributed by atoms with Crippen LogP contribution in [0.4, 0.5) is 8.78 Å². The van der Waals surface area contributed by atoms with Gasteiger partial charge in [-0.05, 0) is 59.2 Å². The number of hydrogen-bond acceptors (Lipinski definition) is 8. The molecule has 0 saturated heterocycles. The number of fused-ring (bicyclic) bond motifs is 2. The Kier molecular flexibility index (Phi) is 6.72. The van der Waals surface area contributed by atoms with E-state index in [1.165, 1.54) is 24.3 Å². The van der Waals surface area contributed by atoms with Crippen LogP contribution in [0.1, 0.15) is 16.7 Å². The van der Waals surface area contributed by atoms with Gasteiger partial charge in [-0.2, -0.15) is 0 Å². The molecule has 6 rings (SSSR count). The summed E-state index contributed by atoms with van der Waals surface area (Å²) in [5.41, 5.74) is 2.87. The maximum Gasteiger partial charge on any atom is 0.294 e. The zero-order valence-electron chi connectivity index (χ0n) is 21.7. The number of aromatic nitrogens is 3. The lowest BCUT2D eigenvalue weighted by molar-refractivity contribution is 0.295. The van der Waals surface area contributed by atoms with Gasteiger partial charge in [0, 0.05) is 12.1 Å². The molecule has 0 fully saturated rings. The van der Waals surface area contributed by atoms with Gasteiger partial charge in [0.15, 0.2) is 17.4 Å². The lowest BCUT2D eigenvalue weighted by Crippen LogP contribution is -2.02. The number of imidazole rings is 1. The quantitative estimate of drug-likeness (QED) is 0.188. The lowest BCUT2D eigenvalue weighted by atomic mass is 10.1. The van der Waals surface area contributed by atoms with Crippen molar-refractivity contribution in [2.24, 2.45) is 0 Å². The van der Waals surface area contributed by atoms with Gasteiger partial charge in [-0.15, -0.1) is 5.10 Å². The topological polar surface area (TPSA) is 80.2 Å². The normalized spacial score (nSPS) is 11.3. The summed E-state index contributed by atoms with van der Waals surface area (Å²) in [6.07, 6.45) is 1.77. The summed E-state index contributed by atoms with van der Waals surface area (Å²) in [6, 6.07) is 15.5. The third kappa shape index (κ3) is 4.91. The molecule has 40 heavy (non-hydrogen) atoms. The highest BCUT2D eigenvalue weighted by atomic mass is 32.1. The molecule has 0 aliphatic rings. The van der Waals surface area contributed by atoms with Gasteiger partial charge in [0.1, 0.15) is 41.7 Å². The molecule has 3 aromatic carbocycles. The second-order valence-corrected chi connectivity index (χ2v) is 9.86. The molecule has 0 N–H and O–H groups in total. The van der Waals surface area contributed by atoms with Crippen LogP contribution in [0.25, 0.3) is 27.4 Å². The largest absolute Gasteiger partial charge is 0.496 e. The fourth-order valence-corrected chi connectivity index (χ4v) is 4.92. The summed E-state index contributed by atoms with van der Waals surface area (Å²) in [6.45, 7) is 1.88. The third-order valence-electron chi connectivity index (χ3n) is 6.40. The molecule has 3 aromatic heterocycles. The van der Waals surface area contributed by atoms with Gasteiger partial charge in [0.25, 0.3) is 5.19 Å². The van der Waals surface area contributed by atoms with Crippen molar-refractivity contribution in [3.63, 3.8) is 0 Å². The first-order valence-electron chi connectivity index (χ1n) is 12.2. The average Bonchev–Trinajstić information content (AvgIpc) is 3.67. The van der Waals surface area contributed by atoms with E-state index >= 15 is 0 Å². The third-order valence-corrected chi connectivity index (χ3v) is 7.28. The molecule has 0 aliphatic heterocycles. The number of hydrogen-bond donors (Lipinski definition) is 0. The second kappa shape index (κ2) is 10.5. The van der Waals surface area contributed by atoms with Crippen LogP contribution in [0.3, 0.4) is 0 Å². The fraction of sp³-hybridized carbons (Fsp3) is 0.172. The van der Waals surface area contributed by atoms with Crippen molar-refractivity contribution in [3.8, 4) is 33.9 Å². The van der Waals surface area contributed by atoms with Crippen molar-refractivity contribution in [2.45, 2.75) is 20.1 Å². The smallest absolute Gasteiger partial charge is 0.294 e. The number of nitrogens with zero attached hydrogens (tertiary/aromatic N) is 3. The molecule has 0 radical (unpaired) electrons. The van der Waals surface area contributed by atoms with Crippen LogP contribution in [0.2, 0.25) is 0 Å². The number of furan rings is 1. The first kappa shape index (κ1) is 25.6. The van der Waals surface area contributed by atoms with E-state index in [1.54, 1.807) is 43.1 Å². The highest BCUT2D eigenvalue weighted by Crippen LogP contribution is 2.37. The zero-order chi connectivity index (χ0) is 27.8. The number of rotatable bonds is 9. The number of benzene rings is 3. The van der Waals surface area contributed by atoms with E-state index in [9.17, 15) is 8.78 Å². The van der Waals surface area contributed by atoms with Crippen molar-refractivity contribution in [1.29, 1.82) is 0 Å². The van der Waals surface area contributed by atoms with Crippen molar-refractivity contribution in [2.75, 3.05) is 14.2 Å². The summed E-state index contributed by atoms with van der Waals surface area (Å²) in [5, 5.41) is 5.59. The first-order chi connectivity index (χ1) is 19.4. The first-order valence-corrected chi connectivity index (χ1v) is 13.0. The minimum Gasteiger partial charge on any atom is -0.496 e. The van der Waals surface area contributed by atoms with Gasteiger partial charge in [0.05, 0.1) is 25.8 Å². The Morgan fingerprint density at radius 3 is 2.62 bits per heavy atom. The molecular formula is C29H23F2N3O5S. The summed E-state index contributed by atoms with van der Waals surface area (Å²) >= 11 is 1.33. The zero-order valence-corrected chi connectivity index (χ0v) is 22.6. The van der Waals surface area contributed by atoms with Gasteiger partial charge >= 0.3 is 0 Å². The van der Waals surface area contributed by atoms with Crippen LogP contribution in [0.5, 0.6) is 22.4 Å². The molecule has 6 aromatic rings. The standard InChI is InChI=1S/C29H23F2N3O5S/c1-16-18(7-8-22(30)27(16)31)15-37-19-6-4-5-17(9-19)14-38-24-10-20(35-2)11-25-21(24)12-26(39-25)23-13-34-28(32-23)40-29(33-34)36-3/h4-13H,14-15H2,1-3H3. The summed E-state index contributed by atoms with van der Waals surface area (Å²) in [5.74, 6) is 0.567. The highest BCUT2D eigenvalue weighted by Gasteiger charge is 2.17. The van der Waals surface area contributed by atoms with Gasteiger partial charge in [0.2, 0.25) is 4.96 Å². The van der Waals surface area contributed by atoms with Crippen molar-refractivity contribution in [3.05, 3.63) is 89.1 Å². The SMILES string of the molecule is COc1cc(OCc2cccc(OCc3ccc(F)c(F)c3C)c2)c2cc(-c3cn4nc(OC)sc4n3)oc2c1. The van der Waals surface area contributed by atoms with Crippen molar-refractivity contribution < 1.29 is 32.1 Å². The average molecular weight is 564 g/mol. The predicted molar refractivity (Wildman–Crippen MR) is 145 cm³/mol. The van der Waals surface area contributed by atoms with Crippen molar-refractivity contribution in [1.82, 2.24) is 14.6 Å². The van der Waals surface area contributed by atoms with E-state index in [4.69, 9.17) is 23.4 Å². The monoisotopic (exact) mass is 563 g/mol. The molecule has 0 unspecified atom stereocenters. The lowest BCUT2D eigenvalue weighted by Gasteiger charge is -2.12. The van der Waals surface area contributed by atoms with E-state index < -0.39 is 11.6 Å². The van der Waals surface area contributed by atoms with E-state index in [0.29, 0.717) is 50.0 Å². The molecule has 0 bridgehead atoms. The van der Waals surface area contributed by atoms with Crippen LogP contribution in [0, 0.1) is 18.6 Å². The minimum absolute atomic E-state index is 0.107. The Hall–Kier alpha value is -4.64. The molecule has 0 spiro atoms. The second-order valence-electron chi connectivity index (χ2n) is 8.94. The molecule has 0 aliphatic carbocycles. The minimum atomic E-state index is -0.876. The Morgan fingerprint density at radius 1 is 0.950 bits per heavy atom. The maximum atomic E-state index is 13.9. The van der Waals surface area contributed by atoms with Crippen LogP contribution in [0.15, 0.2) is 65.2 Å². The van der Waals surface area contributed by atoms with E-state index in [1.807, 2.05) is 24.3 Å². The predicted octanol–water partition coefficient (Wildman–Crippen LogP) is 6.97. The molecule has 0 amide bonds. The van der Waals surface area contributed by atoms with E-state index in [0.717, 1.165) is 17.0 Å². The van der Waals surface area contributed by atoms with Gasteiger partial charge in [-0.1, -0.05) is 18.2 Å². The van der Waals surface area contributed by atoms with Crippen LogP contribution in [-0.2, 0) is 13.2 Å². The Morgan fingerprint density at radius 2 is 1.82 bits per heavy atom. The molecule has 0 saturated carbocycles. The summed E-state index contributed by atoms with van der Waals surface area (Å²) in [7, 11) is 3.14. The Bertz CT molecular complexity index is 1810. The number of methoxy groups -OCH3 is 2. The Labute approximate surface area is 231 Å². The highest BCUT2D eigenvalue weighted by molar-refractivity contribution is 7.18. The van der Waals surface area contributed by atoms with Gasteiger partial charge < -0.3 is 23.4 Å². The molecule has 11 heteroatoms. The van der Waals surface area contributed by atoms with E-state index in [2.05, 4.69) is 10.1 Å². The van der Waals surface area contributed by atoms with Gasteiger partial charge in [-0.3, -0.25) is 0 Å². The fourth-order valence-electron chi connectivity index (χ4n) is 4.22. The summed E-state index contributed by atoms with van der Waals surface area (Å²) < 4.78 is 57.8. The van der Waals surface area contributed by atoms with Crippen molar-refractivity contribution >= 4 is 27.3 Å². The Balaban J connectivity index is 1.21. The molecule has 0 atom stereocenters. The van der Waals surface area contributed by atoms with E-state index in [-0.39, 0.29) is 18.8 Å². The molecule has 8 nitrogen and oxygen atoms in total. The maximum absolute atomic E-state index is 13.9. The molecular weight excluding hydrogens is 540 g/mol. The van der Waals surface area contributed by atoms with Gasteiger partial charge in [-0.25, -0.2) is 18.3 Å². The number of halogens is 2.